The lowest BCUT2D eigenvalue weighted by atomic mass is 10.1. The summed E-state index contributed by atoms with van der Waals surface area (Å²) in [7, 11) is 0. The third kappa shape index (κ3) is 6.97. The fourth-order valence-corrected chi connectivity index (χ4v) is 4.44. The molecule has 9 heteroatoms. The van der Waals surface area contributed by atoms with Gasteiger partial charge < -0.3 is 0 Å². The number of hydrogen-bond donors (Lipinski definition) is 0. The molecular formula is C34H29N3O6. The monoisotopic (exact) mass is 575 g/mol. The highest BCUT2D eigenvalue weighted by atomic mass is 16.2. The van der Waals surface area contributed by atoms with Gasteiger partial charge in [0.25, 0.3) is 35.4 Å². The predicted octanol–water partition coefficient (Wildman–Crippen LogP) is 4.53. The zero-order chi connectivity index (χ0) is 31.1. The van der Waals surface area contributed by atoms with Gasteiger partial charge in [-0.05, 0) is 61.7 Å². The number of carbonyl (C=O) groups is 6. The van der Waals surface area contributed by atoms with Gasteiger partial charge in [-0.2, -0.15) is 0 Å². The molecule has 3 aromatic carbocycles. The molecule has 3 aromatic rings. The van der Waals surface area contributed by atoms with Crippen LogP contribution in [0.4, 0.5) is 17.1 Å². The first-order chi connectivity index (χ1) is 20.6. The molecule has 43 heavy (non-hydrogen) atoms. The van der Waals surface area contributed by atoms with Crippen LogP contribution in [0.25, 0.3) is 0 Å². The first-order valence-electron chi connectivity index (χ1n) is 13.5. The maximum atomic E-state index is 11.5. The Kier molecular flexibility index (Phi) is 9.37. The van der Waals surface area contributed by atoms with Crippen molar-refractivity contribution in [2.45, 2.75) is 27.2 Å². The van der Waals surface area contributed by atoms with Crippen molar-refractivity contribution in [3.8, 4) is 0 Å². The topological polar surface area (TPSA) is 112 Å². The number of hydrogen-bond acceptors (Lipinski definition) is 6. The summed E-state index contributed by atoms with van der Waals surface area (Å²) in [4.78, 5) is 71.7. The second kappa shape index (κ2) is 13.3. The maximum Gasteiger partial charge on any atom is 0.258 e. The molecule has 9 nitrogen and oxygen atoms in total. The molecule has 0 N–H and O–H groups in total. The van der Waals surface area contributed by atoms with E-state index in [1.54, 1.807) is 24.3 Å². The molecule has 0 unspecified atom stereocenters. The van der Waals surface area contributed by atoms with E-state index in [-0.39, 0.29) is 35.4 Å². The van der Waals surface area contributed by atoms with Crippen LogP contribution in [0.5, 0.6) is 0 Å². The molecular weight excluding hydrogens is 546 g/mol. The van der Waals surface area contributed by atoms with E-state index in [0.717, 1.165) is 32.9 Å². The molecule has 3 heterocycles. The standard InChI is InChI=1S/C12H11NO2.2C11H9NO2/c1-2-9-5-3-4-6-10(9)13-11(14)7-8-12(13)15;1-8-2-4-9(5-3-8)12-10(13)6-7-11(12)14;1-8-3-2-4-9(7-8)12-10(13)5-6-11(12)14/h3-8H,2H2,1H3;2*2-7H,1H3. The average molecular weight is 576 g/mol. The number of aryl methyl sites for hydroxylation is 3. The van der Waals surface area contributed by atoms with Gasteiger partial charge >= 0.3 is 0 Å². The van der Waals surface area contributed by atoms with Gasteiger partial charge in [0.2, 0.25) is 0 Å². The lowest BCUT2D eigenvalue weighted by Crippen LogP contribution is -2.30. The van der Waals surface area contributed by atoms with Crippen molar-refractivity contribution in [3.63, 3.8) is 0 Å². The van der Waals surface area contributed by atoms with Crippen molar-refractivity contribution in [3.05, 3.63) is 126 Å². The Balaban J connectivity index is 0.000000148. The molecule has 6 amide bonds. The van der Waals surface area contributed by atoms with Crippen molar-refractivity contribution in [1.82, 2.24) is 0 Å². The number of amides is 6. The van der Waals surface area contributed by atoms with Gasteiger partial charge in [0.05, 0.1) is 17.1 Å². The van der Waals surface area contributed by atoms with Crippen LogP contribution >= 0.6 is 0 Å². The Labute approximate surface area is 249 Å². The van der Waals surface area contributed by atoms with Gasteiger partial charge in [0, 0.05) is 36.5 Å². The Bertz CT molecular complexity index is 1650. The van der Waals surface area contributed by atoms with Gasteiger partial charge in [-0.25, -0.2) is 14.7 Å². The maximum absolute atomic E-state index is 11.5. The molecule has 0 radical (unpaired) electrons. The summed E-state index contributed by atoms with van der Waals surface area (Å²) in [5.41, 5.74) is 5.07. The van der Waals surface area contributed by atoms with Gasteiger partial charge in [-0.15, -0.1) is 0 Å². The largest absolute Gasteiger partial charge is 0.269 e. The van der Waals surface area contributed by atoms with E-state index < -0.39 is 0 Å². The van der Waals surface area contributed by atoms with E-state index >= 15 is 0 Å². The van der Waals surface area contributed by atoms with E-state index in [1.807, 2.05) is 69.3 Å². The molecule has 0 aliphatic carbocycles. The van der Waals surface area contributed by atoms with Crippen molar-refractivity contribution < 1.29 is 28.8 Å². The minimum Gasteiger partial charge on any atom is -0.269 e. The number of benzene rings is 3. The van der Waals surface area contributed by atoms with Gasteiger partial charge in [-0.3, -0.25) is 28.8 Å². The molecule has 3 aliphatic rings. The predicted molar refractivity (Wildman–Crippen MR) is 163 cm³/mol. The number of rotatable bonds is 4. The van der Waals surface area contributed by atoms with E-state index in [9.17, 15) is 28.8 Å². The molecule has 0 aromatic heterocycles. The number of para-hydroxylation sites is 1. The first-order valence-corrected chi connectivity index (χ1v) is 13.5. The molecule has 0 spiro atoms. The van der Waals surface area contributed by atoms with E-state index in [4.69, 9.17) is 0 Å². The zero-order valence-electron chi connectivity index (χ0n) is 23.9. The van der Waals surface area contributed by atoms with Crippen LogP contribution in [0.15, 0.2) is 109 Å². The second-order valence-corrected chi connectivity index (χ2v) is 9.69. The third-order valence-electron chi connectivity index (χ3n) is 6.59. The van der Waals surface area contributed by atoms with Crippen LogP contribution in [0, 0.1) is 13.8 Å². The molecule has 216 valence electrons. The lowest BCUT2D eigenvalue weighted by Gasteiger charge is -2.17. The Morgan fingerprint density at radius 3 is 1.42 bits per heavy atom. The minimum atomic E-state index is -0.279. The quantitative estimate of drug-likeness (QED) is 0.423. The van der Waals surface area contributed by atoms with Crippen LogP contribution in [-0.4, -0.2) is 35.4 Å². The molecule has 3 aliphatic heterocycles. The molecule has 0 fully saturated rings. The Morgan fingerprint density at radius 1 is 0.465 bits per heavy atom. The smallest absolute Gasteiger partial charge is 0.258 e. The molecule has 6 rings (SSSR count). The van der Waals surface area contributed by atoms with E-state index in [0.29, 0.717) is 17.1 Å². The zero-order valence-corrected chi connectivity index (χ0v) is 23.9. The molecule has 0 saturated heterocycles. The van der Waals surface area contributed by atoms with Crippen LogP contribution in [0.1, 0.15) is 23.6 Å². The Hall–Kier alpha value is -5.70. The highest BCUT2D eigenvalue weighted by molar-refractivity contribution is 6.29. The normalized spacial score (nSPS) is 15.3. The van der Waals surface area contributed by atoms with Crippen molar-refractivity contribution >= 4 is 52.5 Å². The fraction of sp³-hybridized carbons (Fsp3) is 0.118. The van der Waals surface area contributed by atoms with Crippen LogP contribution in [-0.2, 0) is 35.2 Å². The van der Waals surface area contributed by atoms with E-state index in [2.05, 4.69) is 0 Å². The summed E-state index contributed by atoms with van der Waals surface area (Å²) >= 11 is 0. The number of anilines is 3. The van der Waals surface area contributed by atoms with Gasteiger partial charge in [0.15, 0.2) is 0 Å². The third-order valence-corrected chi connectivity index (χ3v) is 6.59. The highest BCUT2D eigenvalue weighted by Crippen LogP contribution is 2.24. The highest BCUT2D eigenvalue weighted by Gasteiger charge is 2.27. The van der Waals surface area contributed by atoms with Gasteiger partial charge in [-0.1, -0.05) is 55.0 Å². The number of carbonyl (C=O) groups excluding carboxylic acids is 6. The summed E-state index contributed by atoms with van der Waals surface area (Å²) in [5, 5.41) is 0. The second-order valence-electron chi connectivity index (χ2n) is 9.69. The number of nitrogens with zero attached hydrogens (tertiary/aromatic N) is 3. The summed E-state index contributed by atoms with van der Waals surface area (Å²) in [6.07, 6.45) is 8.52. The summed E-state index contributed by atoms with van der Waals surface area (Å²) < 4.78 is 0. The molecule has 0 saturated carbocycles. The molecule has 0 bridgehead atoms. The van der Waals surface area contributed by atoms with Gasteiger partial charge in [0.1, 0.15) is 0 Å². The number of imide groups is 3. The van der Waals surface area contributed by atoms with E-state index in [1.165, 1.54) is 41.4 Å². The van der Waals surface area contributed by atoms with Crippen LogP contribution < -0.4 is 14.7 Å². The summed E-state index contributed by atoms with van der Waals surface area (Å²) in [6, 6.07) is 22.0. The van der Waals surface area contributed by atoms with Crippen molar-refractivity contribution in [1.29, 1.82) is 0 Å². The fourth-order valence-electron chi connectivity index (χ4n) is 4.44. The Morgan fingerprint density at radius 2 is 0.930 bits per heavy atom. The average Bonchev–Trinajstić information content (AvgIpc) is 3.64. The van der Waals surface area contributed by atoms with Crippen LogP contribution in [0.3, 0.4) is 0 Å². The summed E-state index contributed by atoms with van der Waals surface area (Å²) in [5.74, 6) is -1.64. The lowest BCUT2D eigenvalue weighted by molar-refractivity contribution is -0.121. The van der Waals surface area contributed by atoms with Crippen LogP contribution in [0.2, 0.25) is 0 Å². The first kappa shape index (κ1) is 30.3. The SMILES string of the molecule is CCc1ccccc1N1C(=O)C=CC1=O.Cc1ccc(N2C(=O)C=CC2=O)cc1.Cc1cccc(N2C(=O)C=CC2=O)c1. The van der Waals surface area contributed by atoms with Crippen molar-refractivity contribution in [2.24, 2.45) is 0 Å². The molecule has 0 atom stereocenters. The minimum absolute atomic E-state index is 0.263. The van der Waals surface area contributed by atoms with Crippen molar-refractivity contribution in [2.75, 3.05) is 14.7 Å². The summed E-state index contributed by atoms with van der Waals surface area (Å²) in [6.45, 7) is 5.87.